The monoisotopic (exact) mass is 352 g/mol. The van der Waals surface area contributed by atoms with E-state index >= 15 is 0 Å². The maximum atomic E-state index is 12.5. The number of rotatable bonds is 5. The molecule has 5 nitrogen and oxygen atoms in total. The van der Waals surface area contributed by atoms with Crippen molar-refractivity contribution in [3.05, 3.63) is 82.6 Å². The van der Waals surface area contributed by atoms with Crippen molar-refractivity contribution in [1.82, 2.24) is 10.3 Å². The first kappa shape index (κ1) is 15.7. The summed E-state index contributed by atoms with van der Waals surface area (Å²) in [6, 6.07) is 14.9. The number of hydrogen-bond donors (Lipinski definition) is 3. The summed E-state index contributed by atoms with van der Waals surface area (Å²) in [5.41, 5.74) is 0.632. The summed E-state index contributed by atoms with van der Waals surface area (Å²) >= 11 is 1.43. The molecular weight excluding hydrogens is 336 g/mol. The number of hydrogen-bond acceptors (Lipinski definition) is 4. The molecule has 0 bridgehead atoms. The van der Waals surface area contributed by atoms with E-state index in [0.29, 0.717) is 11.3 Å². The van der Waals surface area contributed by atoms with Crippen LogP contribution in [-0.2, 0) is 5.60 Å². The Kier molecular flexibility index (Phi) is 3.91. The number of aliphatic hydroxyl groups is 1. The fourth-order valence-corrected chi connectivity index (χ4v) is 3.69. The van der Waals surface area contributed by atoms with E-state index in [9.17, 15) is 9.90 Å². The van der Waals surface area contributed by atoms with E-state index in [4.69, 9.17) is 4.42 Å². The lowest BCUT2D eigenvalue weighted by Gasteiger charge is -2.26. The minimum absolute atomic E-state index is 0.0429. The highest BCUT2D eigenvalue weighted by Gasteiger charge is 2.34. The Morgan fingerprint density at radius 1 is 1.24 bits per heavy atom. The quantitative estimate of drug-likeness (QED) is 0.514. The molecule has 0 fully saturated rings. The van der Waals surface area contributed by atoms with Crippen molar-refractivity contribution in [1.29, 1.82) is 0 Å². The maximum absolute atomic E-state index is 12.5. The first-order chi connectivity index (χ1) is 12.2. The summed E-state index contributed by atoms with van der Waals surface area (Å²) in [5, 5.41) is 16.9. The van der Waals surface area contributed by atoms with E-state index in [-0.39, 0.29) is 12.5 Å². The van der Waals surface area contributed by atoms with Crippen LogP contribution in [0.5, 0.6) is 0 Å². The molecule has 0 spiro atoms. The molecule has 6 heteroatoms. The van der Waals surface area contributed by atoms with Gasteiger partial charge in [0.25, 0.3) is 5.91 Å². The summed E-state index contributed by atoms with van der Waals surface area (Å²) in [4.78, 5) is 16.4. The van der Waals surface area contributed by atoms with E-state index in [2.05, 4.69) is 10.3 Å². The van der Waals surface area contributed by atoms with Crippen molar-refractivity contribution in [3.8, 4) is 0 Å². The molecule has 3 N–H and O–H groups in total. The van der Waals surface area contributed by atoms with E-state index in [1.54, 1.807) is 12.1 Å². The van der Waals surface area contributed by atoms with Gasteiger partial charge in [-0.25, -0.2) is 0 Å². The SMILES string of the molecule is O=C(NCC(O)(c1ccoc1)c1cccs1)c1cc2ccccc2[nH]1. The number of furan rings is 1. The molecule has 1 atom stereocenters. The summed E-state index contributed by atoms with van der Waals surface area (Å²) in [5.74, 6) is -0.269. The zero-order chi connectivity index (χ0) is 17.3. The van der Waals surface area contributed by atoms with Gasteiger partial charge in [-0.15, -0.1) is 11.3 Å². The lowest BCUT2D eigenvalue weighted by molar-refractivity contribution is 0.0712. The molecule has 1 aromatic carbocycles. The zero-order valence-electron chi connectivity index (χ0n) is 13.2. The molecule has 0 aliphatic carbocycles. The van der Waals surface area contributed by atoms with Crippen molar-refractivity contribution in [2.24, 2.45) is 0 Å². The highest BCUT2D eigenvalue weighted by molar-refractivity contribution is 7.10. The van der Waals surface area contributed by atoms with Gasteiger partial charge in [0.1, 0.15) is 11.3 Å². The van der Waals surface area contributed by atoms with Crippen LogP contribution in [-0.4, -0.2) is 22.5 Å². The number of carbonyl (C=O) groups is 1. The van der Waals surface area contributed by atoms with Crippen molar-refractivity contribution in [3.63, 3.8) is 0 Å². The van der Waals surface area contributed by atoms with Gasteiger partial charge < -0.3 is 19.8 Å². The molecular formula is C19H16N2O3S. The fourth-order valence-electron chi connectivity index (χ4n) is 2.84. The van der Waals surface area contributed by atoms with Crippen molar-refractivity contribution in [2.75, 3.05) is 6.54 Å². The first-order valence-corrected chi connectivity index (χ1v) is 8.70. The normalized spacial score (nSPS) is 13.6. The summed E-state index contributed by atoms with van der Waals surface area (Å²) < 4.78 is 5.12. The Hall–Kier alpha value is -2.83. The van der Waals surface area contributed by atoms with Crippen molar-refractivity contribution in [2.45, 2.75) is 5.60 Å². The van der Waals surface area contributed by atoms with E-state index in [1.165, 1.54) is 23.9 Å². The van der Waals surface area contributed by atoms with Crippen LogP contribution in [0.3, 0.4) is 0 Å². The minimum atomic E-state index is -1.33. The molecule has 0 saturated carbocycles. The van der Waals surface area contributed by atoms with Crippen LogP contribution in [0, 0.1) is 0 Å². The van der Waals surface area contributed by atoms with Gasteiger partial charge in [-0.1, -0.05) is 24.3 Å². The Labute approximate surface area is 147 Å². The minimum Gasteiger partial charge on any atom is -0.472 e. The van der Waals surface area contributed by atoms with Crippen LogP contribution in [0.15, 0.2) is 70.9 Å². The standard InChI is InChI=1S/C19H16N2O3S/c22-18(16-10-13-4-1-2-5-15(13)21-16)20-12-19(23,14-7-8-24-11-14)17-6-3-9-25-17/h1-11,21,23H,12H2,(H,20,22). The molecule has 1 unspecified atom stereocenters. The third kappa shape index (κ3) is 2.86. The molecule has 4 rings (SSSR count). The lowest BCUT2D eigenvalue weighted by Crippen LogP contribution is -2.41. The molecule has 25 heavy (non-hydrogen) atoms. The molecule has 4 aromatic rings. The predicted octanol–water partition coefficient (Wildman–Crippen LogP) is 3.49. The van der Waals surface area contributed by atoms with Gasteiger partial charge in [-0.3, -0.25) is 4.79 Å². The number of H-pyrrole nitrogens is 1. The molecule has 3 heterocycles. The van der Waals surface area contributed by atoms with Gasteiger partial charge in [0.2, 0.25) is 0 Å². The summed E-state index contributed by atoms with van der Waals surface area (Å²) in [6.07, 6.45) is 3.00. The zero-order valence-corrected chi connectivity index (χ0v) is 14.0. The Morgan fingerprint density at radius 2 is 2.12 bits per heavy atom. The molecule has 0 saturated heterocycles. The van der Waals surface area contributed by atoms with Crippen LogP contribution in [0.2, 0.25) is 0 Å². The summed E-state index contributed by atoms with van der Waals surface area (Å²) in [7, 11) is 0. The van der Waals surface area contributed by atoms with Gasteiger partial charge in [0.05, 0.1) is 19.1 Å². The van der Waals surface area contributed by atoms with Crippen LogP contribution < -0.4 is 5.32 Å². The average Bonchev–Trinajstić information content (AvgIpc) is 3.40. The van der Waals surface area contributed by atoms with Crippen LogP contribution >= 0.6 is 11.3 Å². The second-order valence-corrected chi connectivity index (χ2v) is 6.75. The predicted molar refractivity (Wildman–Crippen MR) is 96.7 cm³/mol. The van der Waals surface area contributed by atoms with Crippen LogP contribution in [0.1, 0.15) is 20.9 Å². The van der Waals surface area contributed by atoms with Gasteiger partial charge in [-0.2, -0.15) is 0 Å². The third-order valence-electron chi connectivity index (χ3n) is 4.21. The van der Waals surface area contributed by atoms with E-state index in [1.807, 2.05) is 41.8 Å². The largest absolute Gasteiger partial charge is 0.472 e. The van der Waals surface area contributed by atoms with Gasteiger partial charge in [0, 0.05) is 21.3 Å². The first-order valence-electron chi connectivity index (χ1n) is 7.82. The van der Waals surface area contributed by atoms with Gasteiger partial charge >= 0.3 is 0 Å². The highest BCUT2D eigenvalue weighted by Crippen LogP contribution is 2.32. The van der Waals surface area contributed by atoms with E-state index in [0.717, 1.165) is 15.8 Å². The average molecular weight is 352 g/mol. The second kappa shape index (κ2) is 6.23. The third-order valence-corrected chi connectivity index (χ3v) is 5.23. The summed E-state index contributed by atoms with van der Waals surface area (Å²) in [6.45, 7) is 0.0429. The molecule has 0 radical (unpaired) electrons. The number of thiophene rings is 1. The lowest BCUT2D eigenvalue weighted by atomic mass is 9.94. The number of amides is 1. The molecule has 0 aliphatic rings. The molecule has 3 aromatic heterocycles. The Morgan fingerprint density at radius 3 is 2.84 bits per heavy atom. The number of aromatic amines is 1. The smallest absolute Gasteiger partial charge is 0.267 e. The Bertz CT molecular complexity index is 920. The van der Waals surface area contributed by atoms with Gasteiger partial charge in [-0.05, 0) is 29.6 Å². The number of carbonyl (C=O) groups excluding carboxylic acids is 1. The van der Waals surface area contributed by atoms with Crippen molar-refractivity contribution >= 4 is 28.1 Å². The molecule has 0 aliphatic heterocycles. The number of nitrogens with one attached hydrogen (secondary N) is 2. The number of benzene rings is 1. The molecule has 1 amide bonds. The van der Waals surface area contributed by atoms with Crippen LogP contribution in [0.25, 0.3) is 10.9 Å². The second-order valence-electron chi connectivity index (χ2n) is 5.80. The fraction of sp³-hybridized carbons (Fsp3) is 0.105. The molecule has 126 valence electrons. The van der Waals surface area contributed by atoms with Crippen LogP contribution in [0.4, 0.5) is 0 Å². The number of fused-ring (bicyclic) bond motifs is 1. The maximum Gasteiger partial charge on any atom is 0.267 e. The highest BCUT2D eigenvalue weighted by atomic mass is 32.1. The van der Waals surface area contributed by atoms with Gasteiger partial charge in [0.15, 0.2) is 0 Å². The van der Waals surface area contributed by atoms with Crippen molar-refractivity contribution < 1.29 is 14.3 Å². The van der Waals surface area contributed by atoms with E-state index < -0.39 is 5.60 Å². The number of aromatic nitrogens is 1. The topological polar surface area (TPSA) is 78.3 Å². The number of para-hydroxylation sites is 1. The Balaban J connectivity index is 1.58.